The minimum absolute atomic E-state index is 0.00357. The van der Waals surface area contributed by atoms with Crippen molar-refractivity contribution >= 4 is 45.7 Å². The SMILES string of the molecule is COc1ccc([C@H]2C(=C(O)c3ccc4c(c3)C[C@H](C)O4)C(=O)C(=O)N2c2nnc(SCc3ccc(C)cc3)s2)cc1. The van der Waals surface area contributed by atoms with E-state index in [1.54, 1.807) is 43.5 Å². The first-order valence-electron chi connectivity index (χ1n) is 13.1. The van der Waals surface area contributed by atoms with Crippen LogP contribution in [0, 0.1) is 6.92 Å². The molecule has 2 aliphatic rings. The van der Waals surface area contributed by atoms with Crippen LogP contribution in [0.1, 0.15) is 40.8 Å². The highest BCUT2D eigenvalue weighted by molar-refractivity contribution is 8.00. The molecule has 6 rings (SSSR count). The van der Waals surface area contributed by atoms with Crippen LogP contribution >= 0.6 is 23.1 Å². The third-order valence-corrected chi connectivity index (χ3v) is 9.26. The first-order valence-corrected chi connectivity index (χ1v) is 14.9. The number of aliphatic hydroxyl groups is 1. The highest BCUT2D eigenvalue weighted by atomic mass is 32.2. The Bertz CT molecular complexity index is 1660. The van der Waals surface area contributed by atoms with E-state index in [1.807, 2.05) is 19.9 Å². The van der Waals surface area contributed by atoms with Gasteiger partial charge < -0.3 is 14.6 Å². The lowest BCUT2D eigenvalue weighted by Crippen LogP contribution is -2.29. The largest absolute Gasteiger partial charge is 0.507 e. The van der Waals surface area contributed by atoms with Gasteiger partial charge in [-0.15, -0.1) is 10.2 Å². The average molecular weight is 586 g/mol. The van der Waals surface area contributed by atoms with Crippen LogP contribution in [0.15, 0.2) is 76.6 Å². The lowest BCUT2D eigenvalue weighted by atomic mass is 9.94. The van der Waals surface area contributed by atoms with Crippen LogP contribution in [0.25, 0.3) is 5.76 Å². The number of amides is 1. The van der Waals surface area contributed by atoms with Gasteiger partial charge in [0, 0.05) is 17.7 Å². The van der Waals surface area contributed by atoms with Gasteiger partial charge >= 0.3 is 5.91 Å². The maximum Gasteiger partial charge on any atom is 0.301 e. The normalized spacial score (nSPS) is 19.3. The second-order valence-electron chi connectivity index (χ2n) is 10.0. The van der Waals surface area contributed by atoms with Crippen molar-refractivity contribution in [3.8, 4) is 11.5 Å². The Balaban J connectivity index is 1.38. The fourth-order valence-corrected chi connectivity index (χ4v) is 6.87. The van der Waals surface area contributed by atoms with Crippen molar-refractivity contribution in [2.45, 2.75) is 42.5 Å². The molecule has 0 unspecified atom stereocenters. The number of benzene rings is 3. The molecule has 1 N–H and O–H groups in total. The van der Waals surface area contributed by atoms with E-state index < -0.39 is 17.7 Å². The van der Waals surface area contributed by atoms with E-state index in [0.29, 0.717) is 33.4 Å². The number of hydrogen-bond acceptors (Lipinski definition) is 9. The Morgan fingerprint density at radius 2 is 1.85 bits per heavy atom. The van der Waals surface area contributed by atoms with Gasteiger partial charge in [-0.1, -0.05) is 65.1 Å². The molecule has 1 saturated heterocycles. The maximum atomic E-state index is 13.5. The van der Waals surface area contributed by atoms with Crippen LogP contribution in [0.2, 0.25) is 0 Å². The topological polar surface area (TPSA) is 102 Å². The number of fused-ring (bicyclic) bond motifs is 1. The molecule has 2 atom stereocenters. The number of aliphatic hydroxyl groups excluding tert-OH is 1. The standard InChI is InChI=1S/C31H27N3O5S2/c1-17-4-6-19(7-5-17)16-40-31-33-32-30(41-31)34-26(20-8-11-23(38-3)12-9-20)25(28(36)29(34)37)27(35)21-10-13-24-22(15-21)14-18(2)39-24/h4-13,15,18,26,35H,14,16H2,1-3H3/t18-,26-/m0/s1. The summed E-state index contributed by atoms with van der Waals surface area (Å²) in [5.41, 5.74) is 4.35. The zero-order chi connectivity index (χ0) is 28.7. The summed E-state index contributed by atoms with van der Waals surface area (Å²) >= 11 is 2.75. The van der Waals surface area contributed by atoms with E-state index in [2.05, 4.69) is 34.5 Å². The zero-order valence-corrected chi connectivity index (χ0v) is 24.3. The van der Waals surface area contributed by atoms with Crippen LogP contribution in [0.4, 0.5) is 5.13 Å². The first kappa shape index (κ1) is 27.0. The van der Waals surface area contributed by atoms with E-state index in [1.165, 1.54) is 33.6 Å². The number of carbonyl (C=O) groups is 2. The van der Waals surface area contributed by atoms with Gasteiger partial charge in [-0.3, -0.25) is 14.5 Å². The Morgan fingerprint density at radius 1 is 1.10 bits per heavy atom. The predicted molar refractivity (Wildman–Crippen MR) is 159 cm³/mol. The highest BCUT2D eigenvalue weighted by Gasteiger charge is 2.48. The number of aromatic nitrogens is 2. The summed E-state index contributed by atoms with van der Waals surface area (Å²) in [6.07, 6.45) is 0.725. The monoisotopic (exact) mass is 585 g/mol. The molecular weight excluding hydrogens is 558 g/mol. The fraction of sp³-hybridized carbons (Fsp3) is 0.226. The van der Waals surface area contributed by atoms with Crippen molar-refractivity contribution in [1.82, 2.24) is 10.2 Å². The van der Waals surface area contributed by atoms with Crippen LogP contribution < -0.4 is 14.4 Å². The summed E-state index contributed by atoms with van der Waals surface area (Å²) in [4.78, 5) is 28.4. The Hall–Kier alpha value is -4.15. The van der Waals surface area contributed by atoms with Gasteiger partial charge in [0.1, 0.15) is 23.4 Å². The number of ether oxygens (including phenoxy) is 2. The van der Waals surface area contributed by atoms with Gasteiger partial charge in [-0.2, -0.15) is 0 Å². The molecule has 10 heteroatoms. The molecule has 8 nitrogen and oxygen atoms in total. The molecule has 0 bridgehead atoms. The fourth-order valence-electron chi connectivity index (χ4n) is 5.04. The lowest BCUT2D eigenvalue weighted by molar-refractivity contribution is -0.132. The van der Waals surface area contributed by atoms with E-state index in [9.17, 15) is 14.7 Å². The van der Waals surface area contributed by atoms with Gasteiger partial charge in [0.25, 0.3) is 5.78 Å². The van der Waals surface area contributed by atoms with Gasteiger partial charge in [-0.25, -0.2) is 0 Å². The van der Waals surface area contributed by atoms with Crippen LogP contribution in [0.5, 0.6) is 11.5 Å². The van der Waals surface area contributed by atoms with E-state index in [4.69, 9.17) is 9.47 Å². The second kappa shape index (κ2) is 11.0. The number of hydrogen-bond donors (Lipinski definition) is 1. The summed E-state index contributed by atoms with van der Waals surface area (Å²) in [6.45, 7) is 4.02. The van der Waals surface area contributed by atoms with Crippen molar-refractivity contribution in [3.63, 3.8) is 0 Å². The Labute approximate surface area is 245 Å². The number of Topliss-reactive ketones (excluding diaryl/α,β-unsaturated/α-hetero) is 1. The second-order valence-corrected chi connectivity index (χ2v) is 12.2. The van der Waals surface area contributed by atoms with E-state index >= 15 is 0 Å². The highest BCUT2D eigenvalue weighted by Crippen LogP contribution is 2.45. The summed E-state index contributed by atoms with van der Waals surface area (Å²) < 4.78 is 11.8. The molecule has 1 amide bonds. The van der Waals surface area contributed by atoms with Crippen molar-refractivity contribution in [1.29, 1.82) is 0 Å². The molecule has 208 valence electrons. The van der Waals surface area contributed by atoms with Crippen molar-refractivity contribution in [3.05, 3.63) is 100 Å². The summed E-state index contributed by atoms with van der Waals surface area (Å²) in [7, 11) is 1.57. The van der Waals surface area contributed by atoms with Gasteiger partial charge in [0.05, 0.1) is 18.7 Å². The first-order chi connectivity index (χ1) is 19.8. The summed E-state index contributed by atoms with van der Waals surface area (Å²) in [5.74, 6) is 0.285. The molecule has 0 radical (unpaired) electrons. The summed E-state index contributed by atoms with van der Waals surface area (Å²) in [5, 5.41) is 20.4. The van der Waals surface area contributed by atoms with Gasteiger partial charge in [0.2, 0.25) is 5.13 Å². The molecule has 41 heavy (non-hydrogen) atoms. The third kappa shape index (κ3) is 5.20. The van der Waals surface area contributed by atoms with Crippen LogP contribution in [0.3, 0.4) is 0 Å². The quantitative estimate of drug-likeness (QED) is 0.0913. The van der Waals surface area contributed by atoms with Gasteiger partial charge in [0.15, 0.2) is 4.34 Å². The van der Waals surface area contributed by atoms with Crippen molar-refractivity contribution in [2.24, 2.45) is 0 Å². The minimum atomic E-state index is -0.896. The molecule has 3 aromatic carbocycles. The van der Waals surface area contributed by atoms with E-state index in [0.717, 1.165) is 16.9 Å². The van der Waals surface area contributed by atoms with Crippen molar-refractivity contribution in [2.75, 3.05) is 12.0 Å². The smallest absolute Gasteiger partial charge is 0.301 e. The Morgan fingerprint density at radius 3 is 2.59 bits per heavy atom. The molecule has 2 aliphatic heterocycles. The molecule has 0 saturated carbocycles. The average Bonchev–Trinajstić information content (AvgIpc) is 3.67. The molecule has 4 aromatic rings. The van der Waals surface area contributed by atoms with Gasteiger partial charge in [-0.05, 0) is 60.9 Å². The number of carbonyl (C=O) groups excluding carboxylic acids is 2. The van der Waals surface area contributed by atoms with Crippen molar-refractivity contribution < 1.29 is 24.2 Å². The molecule has 0 aliphatic carbocycles. The number of anilines is 1. The number of aryl methyl sites for hydroxylation is 1. The maximum absolute atomic E-state index is 13.5. The number of rotatable bonds is 7. The number of methoxy groups -OCH3 is 1. The Kier molecular flexibility index (Phi) is 7.27. The zero-order valence-electron chi connectivity index (χ0n) is 22.7. The molecular formula is C31H27N3O5S2. The predicted octanol–water partition coefficient (Wildman–Crippen LogP) is 6.10. The number of thioether (sulfide) groups is 1. The number of nitrogens with zero attached hydrogens (tertiary/aromatic N) is 3. The molecule has 1 aromatic heterocycles. The number of ketones is 1. The third-order valence-electron chi connectivity index (χ3n) is 7.13. The molecule has 0 spiro atoms. The van der Waals surface area contributed by atoms with Crippen LogP contribution in [-0.4, -0.2) is 40.2 Å². The van der Waals surface area contributed by atoms with Crippen LogP contribution in [-0.2, 0) is 21.8 Å². The summed E-state index contributed by atoms with van der Waals surface area (Å²) in [6, 6.07) is 19.7. The van der Waals surface area contributed by atoms with E-state index in [-0.39, 0.29) is 22.6 Å². The lowest BCUT2D eigenvalue weighted by Gasteiger charge is -2.22. The molecule has 3 heterocycles. The minimum Gasteiger partial charge on any atom is -0.507 e. The molecule has 1 fully saturated rings.